The van der Waals surface area contributed by atoms with E-state index in [0.717, 1.165) is 27.9 Å². The van der Waals surface area contributed by atoms with Crippen molar-refractivity contribution in [3.05, 3.63) is 53.7 Å². The number of nitrogens with zero attached hydrogens (tertiary/aromatic N) is 1. The maximum absolute atomic E-state index is 5.66. The van der Waals surface area contributed by atoms with Gasteiger partial charge in [-0.1, -0.05) is 0 Å². The summed E-state index contributed by atoms with van der Waals surface area (Å²) in [6.45, 7) is 0. The van der Waals surface area contributed by atoms with Crippen LogP contribution in [0.4, 0.5) is 5.69 Å². The Kier molecular flexibility index (Phi) is 3.57. The summed E-state index contributed by atoms with van der Waals surface area (Å²) < 4.78 is 5.34. The van der Waals surface area contributed by atoms with E-state index in [1.54, 1.807) is 29.4 Å². The third-order valence-corrected chi connectivity index (χ3v) is 4.50. The number of furan rings is 1. The molecular formula is C14H12N2OS2. The van der Waals surface area contributed by atoms with Crippen LogP contribution in [-0.4, -0.2) is 4.98 Å². The molecule has 0 atom stereocenters. The highest BCUT2D eigenvalue weighted by Crippen LogP contribution is 2.28. The average molecular weight is 288 g/mol. The molecule has 2 aromatic heterocycles. The molecule has 0 saturated carbocycles. The summed E-state index contributed by atoms with van der Waals surface area (Å²) in [5.74, 6) is 1.68. The smallest absolute Gasteiger partial charge is 0.162 e. The Bertz CT molecular complexity index is 644. The maximum Gasteiger partial charge on any atom is 0.162 e. The molecule has 0 spiro atoms. The molecule has 3 nitrogen and oxygen atoms in total. The SMILES string of the molecule is Nc1ccc(SCc2csc(-c3ccco3)n2)cc1. The van der Waals surface area contributed by atoms with Crippen LogP contribution in [0.15, 0.2) is 57.4 Å². The van der Waals surface area contributed by atoms with Gasteiger partial charge in [0.15, 0.2) is 10.8 Å². The number of benzene rings is 1. The predicted octanol–water partition coefficient (Wildman–Crippen LogP) is 4.28. The highest BCUT2D eigenvalue weighted by molar-refractivity contribution is 7.98. The van der Waals surface area contributed by atoms with Crippen molar-refractivity contribution in [1.82, 2.24) is 4.98 Å². The van der Waals surface area contributed by atoms with Crippen LogP contribution in [-0.2, 0) is 5.75 Å². The van der Waals surface area contributed by atoms with Gasteiger partial charge >= 0.3 is 0 Å². The van der Waals surface area contributed by atoms with E-state index >= 15 is 0 Å². The van der Waals surface area contributed by atoms with Crippen LogP contribution in [0.5, 0.6) is 0 Å². The molecule has 19 heavy (non-hydrogen) atoms. The highest BCUT2D eigenvalue weighted by Gasteiger charge is 2.07. The molecule has 2 N–H and O–H groups in total. The third-order valence-electron chi connectivity index (χ3n) is 2.55. The number of hydrogen-bond acceptors (Lipinski definition) is 5. The van der Waals surface area contributed by atoms with Crippen molar-refractivity contribution in [2.24, 2.45) is 0 Å². The monoisotopic (exact) mass is 288 g/mol. The van der Waals surface area contributed by atoms with Crippen LogP contribution in [0.2, 0.25) is 0 Å². The molecule has 0 aliphatic carbocycles. The Hall–Kier alpha value is -1.72. The first-order valence-electron chi connectivity index (χ1n) is 5.78. The Labute approximate surface area is 119 Å². The van der Waals surface area contributed by atoms with Gasteiger partial charge < -0.3 is 10.2 Å². The number of aromatic nitrogens is 1. The number of hydrogen-bond donors (Lipinski definition) is 1. The molecule has 0 saturated heterocycles. The lowest BCUT2D eigenvalue weighted by molar-refractivity contribution is 0.581. The van der Waals surface area contributed by atoms with E-state index in [4.69, 9.17) is 10.2 Å². The standard InChI is InChI=1S/C14H12N2OS2/c15-10-3-5-12(6-4-10)18-8-11-9-19-14(16-11)13-2-1-7-17-13/h1-7,9H,8,15H2. The Balaban J connectivity index is 1.66. The summed E-state index contributed by atoms with van der Waals surface area (Å²) in [6, 6.07) is 11.7. The summed E-state index contributed by atoms with van der Waals surface area (Å²) in [5.41, 5.74) is 7.52. The van der Waals surface area contributed by atoms with E-state index in [1.807, 2.05) is 36.4 Å². The van der Waals surface area contributed by atoms with E-state index in [1.165, 1.54) is 4.90 Å². The van der Waals surface area contributed by atoms with Crippen LogP contribution < -0.4 is 5.73 Å². The van der Waals surface area contributed by atoms with Gasteiger partial charge in [0.1, 0.15) is 0 Å². The molecule has 0 unspecified atom stereocenters. The van der Waals surface area contributed by atoms with Gasteiger partial charge in [0.2, 0.25) is 0 Å². The summed E-state index contributed by atoms with van der Waals surface area (Å²) >= 11 is 3.36. The fraction of sp³-hybridized carbons (Fsp3) is 0.0714. The molecule has 0 bridgehead atoms. The molecule has 1 aromatic carbocycles. The van der Waals surface area contributed by atoms with Crippen molar-refractivity contribution in [2.75, 3.05) is 5.73 Å². The minimum absolute atomic E-state index is 0.790. The minimum Gasteiger partial charge on any atom is -0.462 e. The van der Waals surface area contributed by atoms with Crippen molar-refractivity contribution in [1.29, 1.82) is 0 Å². The van der Waals surface area contributed by atoms with Gasteiger partial charge in [0.05, 0.1) is 12.0 Å². The second kappa shape index (κ2) is 5.50. The molecule has 5 heteroatoms. The van der Waals surface area contributed by atoms with Crippen molar-refractivity contribution in [3.63, 3.8) is 0 Å². The van der Waals surface area contributed by atoms with Crippen molar-refractivity contribution >= 4 is 28.8 Å². The van der Waals surface area contributed by atoms with Gasteiger partial charge in [-0.05, 0) is 36.4 Å². The molecule has 3 rings (SSSR count). The molecule has 0 aliphatic rings. The number of thioether (sulfide) groups is 1. The number of thiazole rings is 1. The lowest BCUT2D eigenvalue weighted by Gasteiger charge is -1.99. The average Bonchev–Trinajstić information content (AvgIpc) is 3.09. The second-order valence-electron chi connectivity index (χ2n) is 3.98. The number of rotatable bonds is 4. The van der Waals surface area contributed by atoms with E-state index in [0.29, 0.717) is 0 Å². The van der Waals surface area contributed by atoms with Gasteiger partial charge in [0.25, 0.3) is 0 Å². The highest BCUT2D eigenvalue weighted by atomic mass is 32.2. The van der Waals surface area contributed by atoms with Crippen molar-refractivity contribution in [2.45, 2.75) is 10.6 Å². The van der Waals surface area contributed by atoms with Crippen LogP contribution >= 0.6 is 23.1 Å². The van der Waals surface area contributed by atoms with Gasteiger partial charge in [-0.3, -0.25) is 0 Å². The first-order valence-corrected chi connectivity index (χ1v) is 7.64. The Morgan fingerprint density at radius 3 is 2.79 bits per heavy atom. The summed E-state index contributed by atoms with van der Waals surface area (Å²) in [7, 11) is 0. The quantitative estimate of drug-likeness (QED) is 0.575. The summed E-state index contributed by atoms with van der Waals surface area (Å²) in [4.78, 5) is 5.76. The van der Waals surface area contributed by atoms with E-state index < -0.39 is 0 Å². The van der Waals surface area contributed by atoms with Crippen LogP contribution in [0, 0.1) is 0 Å². The molecule has 0 fully saturated rings. The van der Waals surface area contributed by atoms with Gasteiger partial charge in [0, 0.05) is 21.7 Å². The molecule has 0 radical (unpaired) electrons. The summed E-state index contributed by atoms with van der Waals surface area (Å²) in [5, 5.41) is 3.00. The first kappa shape index (κ1) is 12.3. The predicted molar refractivity (Wildman–Crippen MR) is 80.2 cm³/mol. The van der Waals surface area contributed by atoms with Gasteiger partial charge in [-0.2, -0.15) is 0 Å². The van der Waals surface area contributed by atoms with Gasteiger partial charge in [-0.15, -0.1) is 23.1 Å². The van der Waals surface area contributed by atoms with Crippen LogP contribution in [0.3, 0.4) is 0 Å². The topological polar surface area (TPSA) is 52.0 Å². The fourth-order valence-corrected chi connectivity index (χ4v) is 3.29. The first-order chi connectivity index (χ1) is 9.31. The normalized spacial score (nSPS) is 10.7. The zero-order valence-electron chi connectivity index (χ0n) is 10.1. The second-order valence-corrected chi connectivity index (χ2v) is 5.89. The lowest BCUT2D eigenvalue weighted by atomic mass is 10.3. The molecule has 3 aromatic rings. The zero-order valence-corrected chi connectivity index (χ0v) is 11.7. The van der Waals surface area contributed by atoms with E-state index in [-0.39, 0.29) is 0 Å². The molecular weight excluding hydrogens is 276 g/mol. The number of nitrogen functional groups attached to an aromatic ring is 1. The van der Waals surface area contributed by atoms with Crippen molar-refractivity contribution in [3.8, 4) is 10.8 Å². The molecule has 0 amide bonds. The van der Waals surface area contributed by atoms with E-state index in [9.17, 15) is 0 Å². The lowest BCUT2D eigenvalue weighted by Crippen LogP contribution is -1.84. The fourth-order valence-electron chi connectivity index (χ4n) is 1.61. The number of anilines is 1. The molecule has 0 aliphatic heterocycles. The Morgan fingerprint density at radius 1 is 1.21 bits per heavy atom. The minimum atomic E-state index is 0.790. The largest absolute Gasteiger partial charge is 0.462 e. The summed E-state index contributed by atoms with van der Waals surface area (Å²) in [6.07, 6.45) is 1.67. The maximum atomic E-state index is 5.66. The molecule has 96 valence electrons. The number of nitrogens with two attached hydrogens (primary N) is 1. The van der Waals surface area contributed by atoms with E-state index in [2.05, 4.69) is 10.4 Å². The molecule has 2 heterocycles. The Morgan fingerprint density at radius 2 is 2.05 bits per heavy atom. The van der Waals surface area contributed by atoms with Crippen LogP contribution in [0.25, 0.3) is 10.8 Å². The van der Waals surface area contributed by atoms with Crippen molar-refractivity contribution < 1.29 is 4.42 Å². The zero-order chi connectivity index (χ0) is 13.1. The third kappa shape index (κ3) is 3.00. The van der Waals surface area contributed by atoms with Gasteiger partial charge in [-0.25, -0.2) is 4.98 Å². The van der Waals surface area contributed by atoms with Crippen LogP contribution in [0.1, 0.15) is 5.69 Å².